The smallest absolute Gasteiger partial charge is 0.268 e. The van der Waals surface area contributed by atoms with E-state index in [-0.39, 0.29) is 22.9 Å². The van der Waals surface area contributed by atoms with E-state index in [1.807, 2.05) is 6.92 Å². The Morgan fingerprint density at radius 3 is 2.79 bits per heavy atom. The molecule has 6 nitrogen and oxygen atoms in total. The summed E-state index contributed by atoms with van der Waals surface area (Å²) in [6.45, 7) is 1.84. The number of nitrogens with two attached hydrogens (primary N) is 1. The van der Waals surface area contributed by atoms with Crippen LogP contribution in [0, 0.1) is 6.92 Å². The molecule has 0 spiro atoms. The van der Waals surface area contributed by atoms with Crippen molar-refractivity contribution in [3.8, 4) is 5.88 Å². The average molecular weight is 299 g/mol. The lowest BCUT2D eigenvalue weighted by Crippen LogP contribution is -2.13. The molecule has 0 saturated heterocycles. The first-order valence-corrected chi connectivity index (χ1v) is 6.45. The number of nitrogens with one attached hydrogen (secondary N) is 1. The van der Waals surface area contributed by atoms with Crippen LogP contribution in [-0.2, 0) is 0 Å². The summed E-state index contributed by atoms with van der Waals surface area (Å²) in [4.78, 5) is 21.2. The van der Waals surface area contributed by atoms with Crippen molar-refractivity contribution in [3.63, 3.8) is 0 Å². The maximum Gasteiger partial charge on any atom is 0.268 e. The zero-order chi connectivity index (χ0) is 14.0. The number of carbonyl (C=O) groups excluding carboxylic acids is 1. The molecular formula is C11H11ClN4O2S. The number of thiophene rings is 1. The van der Waals surface area contributed by atoms with Gasteiger partial charge in [0.2, 0.25) is 11.8 Å². The minimum atomic E-state index is -0.339. The molecule has 8 heteroatoms. The normalized spacial score (nSPS) is 10.3. The van der Waals surface area contributed by atoms with Crippen molar-refractivity contribution in [2.24, 2.45) is 0 Å². The number of hydrogen-bond acceptors (Lipinski definition) is 6. The Bertz CT molecular complexity index is 610. The van der Waals surface area contributed by atoms with Crippen LogP contribution >= 0.6 is 22.9 Å². The molecule has 2 heterocycles. The number of carbonyl (C=O) groups is 1. The zero-order valence-electron chi connectivity index (χ0n) is 10.2. The van der Waals surface area contributed by atoms with Gasteiger partial charge >= 0.3 is 0 Å². The zero-order valence-corrected chi connectivity index (χ0v) is 11.8. The lowest BCUT2D eigenvalue weighted by molar-refractivity contribution is 0.102. The average Bonchev–Trinajstić information content (AvgIpc) is 2.69. The third-order valence-corrected chi connectivity index (χ3v) is 3.54. The van der Waals surface area contributed by atoms with Crippen LogP contribution < -0.4 is 15.8 Å². The van der Waals surface area contributed by atoms with Gasteiger partial charge in [0.05, 0.1) is 12.0 Å². The summed E-state index contributed by atoms with van der Waals surface area (Å²) in [5.74, 6) is 0.0188. The molecule has 0 aliphatic heterocycles. The van der Waals surface area contributed by atoms with Gasteiger partial charge in [-0.15, -0.1) is 11.3 Å². The number of amides is 1. The SMILES string of the molecule is COc1cc(Cl)nc(NC(=O)c2cc(N)c(C)s2)n1. The Kier molecular flexibility index (Phi) is 3.87. The molecule has 0 aromatic carbocycles. The van der Waals surface area contributed by atoms with Crippen LogP contribution in [0.25, 0.3) is 0 Å². The van der Waals surface area contributed by atoms with Gasteiger partial charge in [-0.25, -0.2) is 4.98 Å². The number of halogens is 1. The standard InChI is InChI=1S/C11H11ClN4O2S/c1-5-6(13)3-7(19-5)10(17)16-11-14-8(12)4-9(15-11)18-2/h3-4H,13H2,1-2H3,(H,14,15,16,17). The summed E-state index contributed by atoms with van der Waals surface area (Å²) in [7, 11) is 1.45. The second-order valence-corrected chi connectivity index (χ2v) is 5.28. The maximum absolute atomic E-state index is 12.0. The Hall–Kier alpha value is -1.86. The van der Waals surface area contributed by atoms with Crippen LogP contribution in [0.5, 0.6) is 5.88 Å². The van der Waals surface area contributed by atoms with Crippen LogP contribution in [-0.4, -0.2) is 23.0 Å². The quantitative estimate of drug-likeness (QED) is 0.849. The number of anilines is 2. The van der Waals surface area contributed by atoms with Crippen molar-refractivity contribution in [1.82, 2.24) is 9.97 Å². The van der Waals surface area contributed by atoms with Gasteiger partial charge in [0.15, 0.2) is 0 Å². The van der Waals surface area contributed by atoms with Crippen molar-refractivity contribution in [1.29, 1.82) is 0 Å². The van der Waals surface area contributed by atoms with Gasteiger partial charge in [-0.3, -0.25) is 10.1 Å². The molecule has 2 aromatic rings. The molecule has 0 aliphatic carbocycles. The highest BCUT2D eigenvalue weighted by Crippen LogP contribution is 2.24. The second kappa shape index (κ2) is 5.41. The van der Waals surface area contributed by atoms with Gasteiger partial charge < -0.3 is 10.5 Å². The second-order valence-electron chi connectivity index (χ2n) is 3.63. The Balaban J connectivity index is 2.21. The number of rotatable bonds is 3. The molecule has 1 amide bonds. The number of hydrogen-bond donors (Lipinski definition) is 2. The van der Waals surface area contributed by atoms with Gasteiger partial charge in [0.25, 0.3) is 5.91 Å². The van der Waals surface area contributed by atoms with E-state index in [9.17, 15) is 4.79 Å². The van der Waals surface area contributed by atoms with Crippen LogP contribution in [0.15, 0.2) is 12.1 Å². The van der Waals surface area contributed by atoms with Crippen molar-refractivity contribution in [2.75, 3.05) is 18.2 Å². The highest BCUT2D eigenvalue weighted by atomic mass is 35.5. The third-order valence-electron chi connectivity index (χ3n) is 2.29. The summed E-state index contributed by atoms with van der Waals surface area (Å²) in [5.41, 5.74) is 6.28. The largest absolute Gasteiger partial charge is 0.481 e. The number of aryl methyl sites for hydroxylation is 1. The Morgan fingerprint density at radius 2 is 2.21 bits per heavy atom. The number of nitrogens with zero attached hydrogens (tertiary/aromatic N) is 2. The van der Waals surface area contributed by atoms with Gasteiger partial charge in [-0.2, -0.15) is 4.98 Å². The highest BCUT2D eigenvalue weighted by Gasteiger charge is 2.13. The molecule has 19 heavy (non-hydrogen) atoms. The predicted molar refractivity (Wildman–Crippen MR) is 75.0 cm³/mol. The number of methoxy groups -OCH3 is 1. The number of ether oxygens (including phenoxy) is 1. The molecule has 2 rings (SSSR count). The highest BCUT2D eigenvalue weighted by molar-refractivity contribution is 7.14. The number of nitrogen functional groups attached to an aromatic ring is 1. The van der Waals surface area contributed by atoms with E-state index in [4.69, 9.17) is 22.1 Å². The Morgan fingerprint density at radius 1 is 1.47 bits per heavy atom. The fourth-order valence-corrected chi connectivity index (χ4v) is 2.34. The summed E-state index contributed by atoms with van der Waals surface area (Å²) < 4.78 is 4.94. The molecule has 100 valence electrons. The molecule has 0 radical (unpaired) electrons. The van der Waals surface area contributed by atoms with Gasteiger partial charge in [-0.1, -0.05) is 11.6 Å². The van der Waals surface area contributed by atoms with Crippen molar-refractivity contribution in [2.45, 2.75) is 6.92 Å². The summed E-state index contributed by atoms with van der Waals surface area (Å²) in [6, 6.07) is 3.06. The number of aromatic nitrogens is 2. The molecule has 0 saturated carbocycles. The molecule has 0 bridgehead atoms. The van der Waals surface area contributed by atoms with E-state index < -0.39 is 0 Å². The fraction of sp³-hybridized carbons (Fsp3) is 0.182. The molecule has 0 aliphatic rings. The lowest BCUT2D eigenvalue weighted by atomic mass is 10.3. The molecular weight excluding hydrogens is 288 g/mol. The maximum atomic E-state index is 12.0. The minimum absolute atomic E-state index is 0.0824. The topological polar surface area (TPSA) is 90.1 Å². The molecule has 3 N–H and O–H groups in total. The van der Waals surface area contributed by atoms with E-state index in [0.717, 1.165) is 4.88 Å². The predicted octanol–water partition coefficient (Wildman–Crippen LogP) is 2.34. The lowest BCUT2D eigenvalue weighted by Gasteiger charge is -2.04. The minimum Gasteiger partial charge on any atom is -0.481 e. The Labute approximate surface area is 118 Å². The van der Waals surface area contributed by atoms with E-state index in [0.29, 0.717) is 10.6 Å². The van der Waals surface area contributed by atoms with Crippen molar-refractivity contribution >= 4 is 40.5 Å². The molecule has 0 unspecified atom stereocenters. The van der Waals surface area contributed by atoms with Gasteiger partial charge in [-0.05, 0) is 13.0 Å². The third kappa shape index (κ3) is 3.12. The van der Waals surface area contributed by atoms with Gasteiger partial charge in [0.1, 0.15) is 5.15 Å². The fourth-order valence-electron chi connectivity index (χ4n) is 1.33. The first-order chi connectivity index (χ1) is 8.99. The summed E-state index contributed by atoms with van der Waals surface area (Å²) in [5, 5.41) is 2.73. The van der Waals surface area contributed by atoms with E-state index in [1.165, 1.54) is 24.5 Å². The molecule has 2 aromatic heterocycles. The van der Waals surface area contributed by atoms with Crippen molar-refractivity contribution < 1.29 is 9.53 Å². The van der Waals surface area contributed by atoms with Crippen molar-refractivity contribution in [3.05, 3.63) is 27.0 Å². The summed E-state index contributed by atoms with van der Waals surface area (Å²) in [6.07, 6.45) is 0. The molecule has 0 fully saturated rings. The monoisotopic (exact) mass is 298 g/mol. The molecule has 0 atom stereocenters. The van der Waals surface area contributed by atoms with E-state index in [1.54, 1.807) is 6.07 Å². The van der Waals surface area contributed by atoms with Gasteiger partial charge in [0, 0.05) is 16.6 Å². The first-order valence-electron chi connectivity index (χ1n) is 5.25. The summed E-state index contributed by atoms with van der Waals surface area (Å²) >= 11 is 7.09. The van der Waals surface area contributed by atoms with Crippen LogP contribution in [0.3, 0.4) is 0 Å². The van der Waals surface area contributed by atoms with Crippen LogP contribution in [0.2, 0.25) is 5.15 Å². The van der Waals surface area contributed by atoms with E-state index >= 15 is 0 Å². The van der Waals surface area contributed by atoms with E-state index in [2.05, 4.69) is 15.3 Å². The first kappa shape index (κ1) is 13.6. The van der Waals surface area contributed by atoms with Crippen LogP contribution in [0.4, 0.5) is 11.6 Å². The van der Waals surface area contributed by atoms with Crippen LogP contribution in [0.1, 0.15) is 14.5 Å².